The average molecular weight is 450 g/mol. The lowest BCUT2D eigenvalue weighted by Crippen LogP contribution is -2.40. The molecule has 3 aromatic rings. The summed E-state index contributed by atoms with van der Waals surface area (Å²) in [6.45, 7) is 2.23. The lowest BCUT2D eigenvalue weighted by atomic mass is 9.82. The van der Waals surface area contributed by atoms with Gasteiger partial charge in [-0.05, 0) is 62.4 Å². The number of amides is 1. The number of aliphatic hydroxyl groups is 1. The van der Waals surface area contributed by atoms with Crippen LogP contribution in [0.25, 0.3) is 11.0 Å². The van der Waals surface area contributed by atoms with Crippen LogP contribution in [0.2, 0.25) is 0 Å². The number of rotatable bonds is 4. The van der Waals surface area contributed by atoms with Gasteiger partial charge in [0.25, 0.3) is 5.91 Å². The number of fused-ring (bicyclic) bond motifs is 3. The maximum Gasteiger partial charge on any atom is 0.287 e. The molecule has 33 heavy (non-hydrogen) atoms. The first-order valence-corrected chi connectivity index (χ1v) is 11.8. The molecule has 1 aliphatic carbocycles. The van der Waals surface area contributed by atoms with E-state index < -0.39 is 6.10 Å². The fraction of sp³-hybridized carbons (Fsp3) is 0.444. The first-order valence-electron chi connectivity index (χ1n) is 11.8. The Labute approximate surface area is 193 Å². The molecule has 2 aliphatic rings. The third kappa shape index (κ3) is 4.08. The quantitative estimate of drug-likeness (QED) is 0.543. The molecular formula is C27H31NO5. The SMILES string of the molecule is COc1cccc(CNC(=O)c2oc3ccc4c(c3c2C)[C@@H](O)CC2(CCCCCC2)O4)c1. The Kier molecular flexibility index (Phi) is 5.79. The highest BCUT2D eigenvalue weighted by Crippen LogP contribution is 2.49. The van der Waals surface area contributed by atoms with E-state index in [9.17, 15) is 9.90 Å². The average Bonchev–Trinajstić information content (AvgIpc) is 3.00. The van der Waals surface area contributed by atoms with Gasteiger partial charge in [-0.2, -0.15) is 0 Å². The molecule has 5 rings (SSSR count). The van der Waals surface area contributed by atoms with Crippen LogP contribution in [0.1, 0.15) is 78.3 Å². The highest BCUT2D eigenvalue weighted by atomic mass is 16.5. The molecule has 1 spiro atoms. The minimum Gasteiger partial charge on any atom is -0.497 e. The summed E-state index contributed by atoms with van der Waals surface area (Å²) < 4.78 is 17.8. The van der Waals surface area contributed by atoms with Crippen molar-refractivity contribution in [2.24, 2.45) is 0 Å². The zero-order valence-corrected chi connectivity index (χ0v) is 19.3. The minimum absolute atomic E-state index is 0.267. The predicted octanol–water partition coefficient (Wildman–Crippen LogP) is 5.59. The molecule has 1 saturated carbocycles. The van der Waals surface area contributed by atoms with Crippen molar-refractivity contribution in [1.29, 1.82) is 0 Å². The number of carbonyl (C=O) groups is 1. The lowest BCUT2D eigenvalue weighted by molar-refractivity contribution is -0.0236. The van der Waals surface area contributed by atoms with Gasteiger partial charge in [0, 0.05) is 29.5 Å². The Morgan fingerprint density at radius 3 is 2.73 bits per heavy atom. The summed E-state index contributed by atoms with van der Waals surface area (Å²) in [5.41, 5.74) is 2.72. The van der Waals surface area contributed by atoms with Gasteiger partial charge < -0.3 is 24.3 Å². The van der Waals surface area contributed by atoms with Crippen molar-refractivity contribution in [3.05, 3.63) is 58.8 Å². The molecule has 1 atom stereocenters. The van der Waals surface area contributed by atoms with Gasteiger partial charge in [-0.25, -0.2) is 0 Å². The predicted molar refractivity (Wildman–Crippen MR) is 126 cm³/mol. The van der Waals surface area contributed by atoms with Crippen LogP contribution < -0.4 is 14.8 Å². The standard InChI is InChI=1S/C27H31NO5/c1-17-23-21(32-25(17)26(30)28-16-18-8-7-9-19(14-18)31-2)10-11-22-24(23)20(29)15-27(33-22)12-5-3-4-6-13-27/h7-11,14,20,29H,3-6,12-13,15-16H2,1-2H3,(H,28,30)/t20-/m0/s1. The van der Waals surface area contributed by atoms with Crippen molar-refractivity contribution < 1.29 is 23.8 Å². The van der Waals surface area contributed by atoms with Crippen molar-refractivity contribution in [3.8, 4) is 11.5 Å². The fourth-order valence-electron chi connectivity index (χ4n) is 5.44. The molecule has 1 fully saturated rings. The van der Waals surface area contributed by atoms with E-state index in [1.165, 1.54) is 12.8 Å². The monoisotopic (exact) mass is 449 g/mol. The van der Waals surface area contributed by atoms with E-state index in [0.29, 0.717) is 18.5 Å². The Morgan fingerprint density at radius 1 is 1.18 bits per heavy atom. The number of ether oxygens (including phenoxy) is 2. The molecule has 0 bridgehead atoms. The number of hydrogen-bond donors (Lipinski definition) is 2. The number of aliphatic hydroxyl groups excluding tert-OH is 1. The Morgan fingerprint density at radius 2 is 1.97 bits per heavy atom. The maximum atomic E-state index is 13.0. The van der Waals surface area contributed by atoms with Crippen LogP contribution in [-0.2, 0) is 6.54 Å². The molecule has 0 radical (unpaired) electrons. The molecule has 1 amide bonds. The smallest absolute Gasteiger partial charge is 0.287 e. The zero-order valence-electron chi connectivity index (χ0n) is 19.3. The molecule has 6 nitrogen and oxygen atoms in total. The van der Waals surface area contributed by atoms with E-state index in [4.69, 9.17) is 13.9 Å². The summed E-state index contributed by atoms with van der Waals surface area (Å²) in [6, 6.07) is 11.3. The Hall–Kier alpha value is -2.99. The third-order valence-electron chi connectivity index (χ3n) is 7.13. The van der Waals surface area contributed by atoms with Gasteiger partial charge in [-0.1, -0.05) is 25.0 Å². The van der Waals surface area contributed by atoms with E-state index in [0.717, 1.165) is 59.3 Å². The van der Waals surface area contributed by atoms with Crippen LogP contribution in [0.4, 0.5) is 0 Å². The van der Waals surface area contributed by atoms with Crippen molar-refractivity contribution in [2.45, 2.75) is 70.1 Å². The number of carbonyl (C=O) groups excluding carboxylic acids is 1. The van der Waals surface area contributed by atoms with Gasteiger partial charge in [0.2, 0.25) is 0 Å². The van der Waals surface area contributed by atoms with Crippen molar-refractivity contribution in [1.82, 2.24) is 5.32 Å². The molecule has 0 unspecified atom stereocenters. The summed E-state index contributed by atoms with van der Waals surface area (Å²) in [6.07, 6.45) is 6.61. The van der Waals surface area contributed by atoms with E-state index in [-0.39, 0.29) is 17.3 Å². The first kappa shape index (κ1) is 21.8. The largest absolute Gasteiger partial charge is 0.497 e. The molecule has 2 aromatic carbocycles. The summed E-state index contributed by atoms with van der Waals surface area (Å²) >= 11 is 0. The summed E-state index contributed by atoms with van der Waals surface area (Å²) in [5, 5.41) is 14.9. The summed E-state index contributed by atoms with van der Waals surface area (Å²) in [7, 11) is 1.62. The van der Waals surface area contributed by atoms with Crippen LogP contribution in [0.3, 0.4) is 0 Å². The van der Waals surface area contributed by atoms with Gasteiger partial charge in [0.1, 0.15) is 22.7 Å². The van der Waals surface area contributed by atoms with Crippen molar-refractivity contribution in [3.63, 3.8) is 0 Å². The molecule has 0 saturated heterocycles. The van der Waals surface area contributed by atoms with Crippen LogP contribution in [0, 0.1) is 6.92 Å². The molecule has 1 aliphatic heterocycles. The minimum atomic E-state index is -0.639. The van der Waals surface area contributed by atoms with Crippen LogP contribution >= 0.6 is 0 Å². The fourth-order valence-corrected chi connectivity index (χ4v) is 5.44. The maximum absolute atomic E-state index is 13.0. The van der Waals surface area contributed by atoms with Gasteiger partial charge in [-0.3, -0.25) is 4.79 Å². The molecule has 2 heterocycles. The molecular weight excluding hydrogens is 418 g/mol. The molecule has 1 aromatic heterocycles. The van der Waals surface area contributed by atoms with Gasteiger partial charge >= 0.3 is 0 Å². The summed E-state index contributed by atoms with van der Waals surface area (Å²) in [5.74, 6) is 1.44. The van der Waals surface area contributed by atoms with Gasteiger partial charge in [0.15, 0.2) is 5.76 Å². The number of methoxy groups -OCH3 is 1. The number of furan rings is 1. The molecule has 2 N–H and O–H groups in total. The lowest BCUT2D eigenvalue weighted by Gasteiger charge is -2.40. The van der Waals surface area contributed by atoms with Crippen LogP contribution in [0.15, 0.2) is 40.8 Å². The van der Waals surface area contributed by atoms with E-state index in [1.807, 2.05) is 43.3 Å². The van der Waals surface area contributed by atoms with Crippen LogP contribution in [-0.4, -0.2) is 23.7 Å². The van der Waals surface area contributed by atoms with Crippen molar-refractivity contribution in [2.75, 3.05) is 7.11 Å². The Balaban J connectivity index is 1.42. The first-order chi connectivity index (χ1) is 16.0. The second-order valence-corrected chi connectivity index (χ2v) is 9.36. The summed E-state index contributed by atoms with van der Waals surface area (Å²) in [4.78, 5) is 13.0. The Bertz CT molecular complexity index is 1170. The molecule has 174 valence electrons. The number of hydrogen-bond acceptors (Lipinski definition) is 5. The van der Waals surface area contributed by atoms with E-state index in [1.54, 1.807) is 7.11 Å². The third-order valence-corrected chi connectivity index (χ3v) is 7.13. The normalized spacial score (nSPS) is 19.5. The van der Waals surface area contributed by atoms with Gasteiger partial charge in [-0.15, -0.1) is 0 Å². The number of benzene rings is 2. The van der Waals surface area contributed by atoms with Crippen molar-refractivity contribution >= 4 is 16.9 Å². The molecule has 6 heteroatoms. The van der Waals surface area contributed by atoms with Crippen LogP contribution in [0.5, 0.6) is 11.5 Å². The number of nitrogens with one attached hydrogen (secondary N) is 1. The van der Waals surface area contributed by atoms with E-state index in [2.05, 4.69) is 5.32 Å². The zero-order chi connectivity index (χ0) is 23.0. The second kappa shape index (κ2) is 8.75. The highest BCUT2D eigenvalue weighted by Gasteiger charge is 2.42. The van der Waals surface area contributed by atoms with E-state index >= 15 is 0 Å². The second-order valence-electron chi connectivity index (χ2n) is 9.36. The number of aryl methyl sites for hydroxylation is 1. The topological polar surface area (TPSA) is 80.9 Å². The highest BCUT2D eigenvalue weighted by molar-refractivity contribution is 6.00. The van der Waals surface area contributed by atoms with Gasteiger partial charge in [0.05, 0.1) is 13.2 Å².